The van der Waals surface area contributed by atoms with Crippen LogP contribution in [0.5, 0.6) is 0 Å². The highest BCUT2D eigenvalue weighted by molar-refractivity contribution is 5.81. The molecule has 15 heavy (non-hydrogen) atoms. The summed E-state index contributed by atoms with van der Waals surface area (Å²) in [5.74, 6) is 1.02. The molecule has 2 aliphatic rings. The number of nitrogens with zero attached hydrogens (tertiary/aromatic N) is 1. The van der Waals surface area contributed by atoms with Gasteiger partial charge in [0.1, 0.15) is 0 Å². The minimum atomic E-state index is 0.138. The maximum Gasteiger partial charge on any atom is 0.237 e. The predicted octanol–water partition coefficient (Wildman–Crippen LogP) is 1.39. The van der Waals surface area contributed by atoms with Crippen molar-refractivity contribution < 1.29 is 4.79 Å². The largest absolute Gasteiger partial charge is 0.354 e. The lowest BCUT2D eigenvalue weighted by Crippen LogP contribution is -2.48. The molecule has 1 aliphatic heterocycles. The molecule has 1 amide bonds. The van der Waals surface area contributed by atoms with Gasteiger partial charge in [-0.05, 0) is 45.2 Å². The predicted molar refractivity (Wildman–Crippen MR) is 60.6 cm³/mol. The molecule has 0 radical (unpaired) electrons. The highest BCUT2D eigenvalue weighted by Crippen LogP contribution is 2.25. The van der Waals surface area contributed by atoms with Crippen molar-refractivity contribution in [3.05, 3.63) is 0 Å². The van der Waals surface area contributed by atoms with Gasteiger partial charge < -0.3 is 5.32 Å². The zero-order valence-electron chi connectivity index (χ0n) is 9.67. The van der Waals surface area contributed by atoms with Crippen LogP contribution in [-0.2, 0) is 4.79 Å². The molecule has 0 aromatic carbocycles. The summed E-state index contributed by atoms with van der Waals surface area (Å²) in [5.41, 5.74) is 0. The highest BCUT2D eigenvalue weighted by Gasteiger charge is 2.26. The molecule has 2 rings (SSSR count). The molecule has 2 fully saturated rings. The summed E-state index contributed by atoms with van der Waals surface area (Å²) in [5, 5.41) is 3.10. The third-order valence-corrected chi connectivity index (χ3v) is 3.86. The average molecular weight is 210 g/mol. The van der Waals surface area contributed by atoms with Crippen LogP contribution in [0.1, 0.15) is 38.5 Å². The fourth-order valence-electron chi connectivity index (χ4n) is 2.47. The monoisotopic (exact) mass is 210 g/mol. The third-order valence-electron chi connectivity index (χ3n) is 3.86. The molecule has 0 spiro atoms. The zero-order valence-corrected chi connectivity index (χ0v) is 9.67. The molecule has 0 aromatic heterocycles. The van der Waals surface area contributed by atoms with Gasteiger partial charge in [-0.1, -0.05) is 12.8 Å². The number of hydrogen-bond acceptors (Lipinski definition) is 2. The van der Waals surface area contributed by atoms with Crippen molar-refractivity contribution in [2.24, 2.45) is 5.92 Å². The van der Waals surface area contributed by atoms with E-state index in [1.54, 1.807) is 0 Å². The molecule has 1 aliphatic carbocycles. The summed E-state index contributed by atoms with van der Waals surface area (Å²) in [6.45, 7) is 1.98. The number of nitrogens with one attached hydrogen (secondary N) is 1. The molecule has 86 valence electrons. The summed E-state index contributed by atoms with van der Waals surface area (Å²) in [4.78, 5) is 14.1. The lowest BCUT2D eigenvalue weighted by Gasteiger charge is -2.32. The zero-order chi connectivity index (χ0) is 10.7. The molecule has 1 saturated heterocycles. The smallest absolute Gasteiger partial charge is 0.237 e. The van der Waals surface area contributed by atoms with Crippen molar-refractivity contribution in [2.45, 2.75) is 44.6 Å². The van der Waals surface area contributed by atoms with Crippen molar-refractivity contribution in [1.82, 2.24) is 10.2 Å². The van der Waals surface area contributed by atoms with Crippen molar-refractivity contribution in [3.8, 4) is 0 Å². The summed E-state index contributed by atoms with van der Waals surface area (Å²) in [6, 6.07) is 0.138. The Balaban J connectivity index is 1.73. The summed E-state index contributed by atoms with van der Waals surface area (Å²) in [6.07, 6.45) is 7.44. The molecule has 1 N–H and O–H groups in total. The van der Waals surface area contributed by atoms with E-state index in [1.807, 2.05) is 0 Å². The lowest BCUT2D eigenvalue weighted by atomic mass is 9.85. The van der Waals surface area contributed by atoms with Gasteiger partial charge >= 0.3 is 0 Å². The number of carbonyl (C=O) groups excluding carboxylic acids is 1. The Labute approximate surface area is 92.2 Å². The molecule has 1 atom stereocenters. The quantitative estimate of drug-likeness (QED) is 0.763. The fourth-order valence-corrected chi connectivity index (χ4v) is 2.47. The van der Waals surface area contributed by atoms with E-state index in [2.05, 4.69) is 17.3 Å². The Bertz CT molecular complexity index is 226. The van der Waals surface area contributed by atoms with Crippen LogP contribution >= 0.6 is 0 Å². The second-order valence-corrected chi connectivity index (χ2v) is 5.03. The van der Waals surface area contributed by atoms with Crippen molar-refractivity contribution in [3.63, 3.8) is 0 Å². The van der Waals surface area contributed by atoms with Crippen LogP contribution in [0.2, 0.25) is 0 Å². The van der Waals surface area contributed by atoms with Crippen molar-refractivity contribution in [2.75, 3.05) is 20.1 Å². The van der Waals surface area contributed by atoms with E-state index in [0.717, 1.165) is 25.4 Å². The van der Waals surface area contributed by atoms with Gasteiger partial charge in [-0.25, -0.2) is 0 Å². The van der Waals surface area contributed by atoms with Gasteiger partial charge in [0.05, 0.1) is 6.04 Å². The van der Waals surface area contributed by atoms with E-state index in [9.17, 15) is 4.79 Å². The number of hydrogen-bond donors (Lipinski definition) is 1. The molecule has 0 aromatic rings. The van der Waals surface area contributed by atoms with Gasteiger partial charge in [0.2, 0.25) is 5.91 Å². The fraction of sp³-hybridized carbons (Fsp3) is 0.917. The summed E-state index contributed by atoms with van der Waals surface area (Å²) >= 11 is 0. The first-order valence-corrected chi connectivity index (χ1v) is 6.25. The van der Waals surface area contributed by atoms with E-state index in [-0.39, 0.29) is 11.9 Å². The third kappa shape index (κ3) is 2.71. The Morgan fingerprint density at radius 2 is 2.07 bits per heavy atom. The van der Waals surface area contributed by atoms with E-state index < -0.39 is 0 Å². The molecule has 1 saturated carbocycles. The van der Waals surface area contributed by atoms with Crippen LogP contribution < -0.4 is 5.32 Å². The molecule has 3 heteroatoms. The van der Waals surface area contributed by atoms with Gasteiger partial charge in [0.25, 0.3) is 0 Å². The molecule has 1 unspecified atom stereocenters. The van der Waals surface area contributed by atoms with Crippen LogP contribution in [0, 0.1) is 5.92 Å². The van der Waals surface area contributed by atoms with Crippen LogP contribution in [0.15, 0.2) is 0 Å². The minimum Gasteiger partial charge on any atom is -0.354 e. The number of amides is 1. The van der Waals surface area contributed by atoms with E-state index in [1.165, 1.54) is 32.1 Å². The van der Waals surface area contributed by atoms with E-state index in [0.29, 0.717) is 0 Å². The highest BCUT2D eigenvalue weighted by atomic mass is 16.2. The van der Waals surface area contributed by atoms with Crippen LogP contribution in [0.25, 0.3) is 0 Å². The number of carbonyl (C=O) groups is 1. The van der Waals surface area contributed by atoms with Gasteiger partial charge in [-0.2, -0.15) is 0 Å². The standard InChI is InChI=1S/C12H22N2O/c1-14-8-3-2-7-11(14)12(15)13-9-10-5-4-6-10/h10-11H,2-9H2,1H3,(H,13,15). The van der Waals surface area contributed by atoms with Gasteiger partial charge in [0.15, 0.2) is 0 Å². The van der Waals surface area contributed by atoms with Crippen molar-refractivity contribution in [1.29, 1.82) is 0 Å². The number of likely N-dealkylation sites (tertiary alicyclic amines) is 1. The molecular formula is C12H22N2O. The number of piperidine rings is 1. The van der Waals surface area contributed by atoms with Crippen LogP contribution in [0.4, 0.5) is 0 Å². The van der Waals surface area contributed by atoms with E-state index in [4.69, 9.17) is 0 Å². The number of rotatable bonds is 3. The molecular weight excluding hydrogens is 188 g/mol. The maximum atomic E-state index is 11.9. The van der Waals surface area contributed by atoms with Crippen LogP contribution in [0.3, 0.4) is 0 Å². The minimum absolute atomic E-state index is 0.138. The Morgan fingerprint density at radius 3 is 2.67 bits per heavy atom. The maximum absolute atomic E-state index is 11.9. The normalized spacial score (nSPS) is 28.5. The topological polar surface area (TPSA) is 32.3 Å². The van der Waals surface area contributed by atoms with Crippen LogP contribution in [-0.4, -0.2) is 37.0 Å². The second kappa shape index (κ2) is 4.97. The van der Waals surface area contributed by atoms with E-state index >= 15 is 0 Å². The second-order valence-electron chi connectivity index (χ2n) is 5.03. The Morgan fingerprint density at radius 1 is 1.27 bits per heavy atom. The molecule has 0 bridgehead atoms. The summed E-state index contributed by atoms with van der Waals surface area (Å²) in [7, 11) is 2.06. The molecule has 3 nitrogen and oxygen atoms in total. The van der Waals surface area contributed by atoms with Gasteiger partial charge in [0, 0.05) is 6.54 Å². The SMILES string of the molecule is CN1CCCCC1C(=O)NCC1CCC1. The first-order valence-electron chi connectivity index (χ1n) is 6.25. The Kier molecular flexibility index (Phi) is 3.62. The lowest BCUT2D eigenvalue weighted by molar-refractivity contribution is -0.127. The van der Waals surface area contributed by atoms with Crippen molar-refractivity contribution >= 4 is 5.91 Å². The molecule has 1 heterocycles. The van der Waals surface area contributed by atoms with Gasteiger partial charge in [-0.15, -0.1) is 0 Å². The first kappa shape index (κ1) is 10.9. The van der Waals surface area contributed by atoms with Gasteiger partial charge in [-0.3, -0.25) is 9.69 Å². The summed E-state index contributed by atoms with van der Waals surface area (Å²) < 4.78 is 0. The average Bonchev–Trinajstić information content (AvgIpc) is 2.16. The first-order chi connectivity index (χ1) is 7.27. The number of likely N-dealkylation sites (N-methyl/N-ethyl adjacent to an activating group) is 1. The Hall–Kier alpha value is -0.570.